The molecular weight excluding hydrogens is 344 g/mol. The van der Waals surface area contributed by atoms with Crippen LogP contribution in [0.25, 0.3) is 5.69 Å². The van der Waals surface area contributed by atoms with E-state index in [-0.39, 0.29) is 5.91 Å². The van der Waals surface area contributed by atoms with Crippen molar-refractivity contribution >= 4 is 5.91 Å². The molecule has 0 radical (unpaired) electrons. The number of aromatic nitrogens is 3. The number of methoxy groups -OCH3 is 2. The predicted molar refractivity (Wildman–Crippen MR) is 101 cm³/mol. The Morgan fingerprint density at radius 2 is 1.93 bits per heavy atom. The van der Waals surface area contributed by atoms with Crippen molar-refractivity contribution in [3.05, 3.63) is 72.3 Å². The van der Waals surface area contributed by atoms with Gasteiger partial charge in [0.1, 0.15) is 5.75 Å². The quantitative estimate of drug-likeness (QED) is 0.613. The van der Waals surface area contributed by atoms with Gasteiger partial charge in [-0.3, -0.25) is 9.78 Å². The fraction of sp³-hybridized carbons (Fsp3) is 0.250. The van der Waals surface area contributed by atoms with E-state index in [1.54, 1.807) is 42.3 Å². The average molecular weight is 366 g/mol. The van der Waals surface area contributed by atoms with Crippen LogP contribution in [0.4, 0.5) is 0 Å². The van der Waals surface area contributed by atoms with Crippen LogP contribution in [0.15, 0.2) is 60.9 Å². The summed E-state index contributed by atoms with van der Waals surface area (Å²) in [6.07, 6.45) is 3.48. The van der Waals surface area contributed by atoms with Gasteiger partial charge in [-0.05, 0) is 42.5 Å². The third-order valence-electron chi connectivity index (χ3n) is 4.08. The van der Waals surface area contributed by atoms with Gasteiger partial charge in [0.2, 0.25) is 0 Å². The van der Waals surface area contributed by atoms with Gasteiger partial charge in [-0.15, -0.1) is 0 Å². The van der Waals surface area contributed by atoms with Gasteiger partial charge in [-0.2, -0.15) is 5.10 Å². The van der Waals surface area contributed by atoms with Crippen LogP contribution in [0.5, 0.6) is 5.75 Å². The molecule has 3 aromatic rings. The molecule has 1 aromatic carbocycles. The highest BCUT2D eigenvalue weighted by atomic mass is 16.5. The van der Waals surface area contributed by atoms with E-state index in [1.165, 1.54) is 0 Å². The summed E-state index contributed by atoms with van der Waals surface area (Å²) in [7, 11) is 3.23. The van der Waals surface area contributed by atoms with Crippen LogP contribution < -0.4 is 4.74 Å². The van der Waals surface area contributed by atoms with Gasteiger partial charge in [0.05, 0.1) is 31.6 Å². The fourth-order valence-corrected chi connectivity index (χ4v) is 2.62. The van der Waals surface area contributed by atoms with Crippen LogP contribution in [0.3, 0.4) is 0 Å². The average Bonchev–Trinajstić information content (AvgIpc) is 3.21. The SMILES string of the molecule is COCCN(Cc1ccccn1)C(=O)c1ccn(-c2ccc(OC)cc2)n1. The Labute approximate surface area is 158 Å². The third-order valence-corrected chi connectivity index (χ3v) is 4.08. The minimum atomic E-state index is -0.162. The molecule has 1 amide bonds. The highest BCUT2D eigenvalue weighted by Gasteiger charge is 2.19. The molecule has 0 bridgehead atoms. The second-order valence-electron chi connectivity index (χ2n) is 5.88. The second-order valence-corrected chi connectivity index (χ2v) is 5.88. The van der Waals surface area contributed by atoms with Crippen molar-refractivity contribution in [2.75, 3.05) is 27.4 Å². The number of hydrogen-bond acceptors (Lipinski definition) is 5. The molecule has 7 heteroatoms. The first-order valence-electron chi connectivity index (χ1n) is 8.59. The summed E-state index contributed by atoms with van der Waals surface area (Å²) in [6.45, 7) is 1.30. The number of carbonyl (C=O) groups is 1. The molecule has 0 aliphatic carbocycles. The minimum absolute atomic E-state index is 0.162. The van der Waals surface area contributed by atoms with Crippen LogP contribution >= 0.6 is 0 Å². The molecular formula is C20H22N4O3. The Hall–Kier alpha value is -3.19. The van der Waals surface area contributed by atoms with Crippen LogP contribution in [-0.4, -0.2) is 52.9 Å². The zero-order valence-electron chi connectivity index (χ0n) is 15.4. The highest BCUT2D eigenvalue weighted by molar-refractivity contribution is 5.92. The highest BCUT2D eigenvalue weighted by Crippen LogP contribution is 2.15. The summed E-state index contributed by atoms with van der Waals surface area (Å²) in [6, 6.07) is 14.8. The summed E-state index contributed by atoms with van der Waals surface area (Å²) in [5, 5.41) is 4.43. The van der Waals surface area contributed by atoms with Crippen LogP contribution in [0.2, 0.25) is 0 Å². The van der Waals surface area contributed by atoms with Crippen molar-refractivity contribution in [2.24, 2.45) is 0 Å². The summed E-state index contributed by atoms with van der Waals surface area (Å²) in [5.74, 6) is 0.605. The standard InChI is InChI=1S/C20H22N4O3/c1-26-14-13-23(15-16-5-3-4-11-21-16)20(25)19-10-12-24(22-19)17-6-8-18(27-2)9-7-17/h3-12H,13-15H2,1-2H3. The van der Waals surface area contributed by atoms with E-state index in [9.17, 15) is 4.79 Å². The molecule has 0 unspecified atom stereocenters. The molecule has 0 aliphatic heterocycles. The van der Waals surface area contributed by atoms with Crippen LogP contribution in [-0.2, 0) is 11.3 Å². The van der Waals surface area contributed by atoms with E-state index in [0.29, 0.717) is 25.4 Å². The number of hydrogen-bond donors (Lipinski definition) is 0. The molecule has 27 heavy (non-hydrogen) atoms. The lowest BCUT2D eigenvalue weighted by molar-refractivity contribution is 0.0671. The van der Waals surface area contributed by atoms with Gasteiger partial charge in [0.25, 0.3) is 5.91 Å². The largest absolute Gasteiger partial charge is 0.497 e. The molecule has 0 spiro atoms. The number of ether oxygens (including phenoxy) is 2. The summed E-state index contributed by atoms with van der Waals surface area (Å²) in [4.78, 5) is 18.9. The van der Waals surface area contributed by atoms with Crippen LogP contribution in [0, 0.1) is 0 Å². The topological polar surface area (TPSA) is 69.5 Å². The molecule has 2 heterocycles. The smallest absolute Gasteiger partial charge is 0.274 e. The van der Waals surface area contributed by atoms with Crippen molar-refractivity contribution in [1.29, 1.82) is 0 Å². The van der Waals surface area contributed by atoms with Gasteiger partial charge in [-0.25, -0.2) is 4.68 Å². The lowest BCUT2D eigenvalue weighted by Crippen LogP contribution is -2.34. The van der Waals surface area contributed by atoms with Gasteiger partial charge in [0.15, 0.2) is 5.69 Å². The van der Waals surface area contributed by atoms with E-state index >= 15 is 0 Å². The van der Waals surface area contributed by atoms with Gasteiger partial charge in [-0.1, -0.05) is 6.07 Å². The monoisotopic (exact) mass is 366 g/mol. The Kier molecular flexibility index (Phi) is 6.17. The summed E-state index contributed by atoms with van der Waals surface area (Å²) >= 11 is 0. The molecule has 0 saturated heterocycles. The lowest BCUT2D eigenvalue weighted by atomic mass is 10.3. The summed E-state index contributed by atoms with van der Waals surface area (Å²) < 4.78 is 12.0. The number of carbonyl (C=O) groups excluding carboxylic acids is 1. The summed E-state index contributed by atoms with van der Waals surface area (Å²) in [5.41, 5.74) is 2.04. The number of amides is 1. The van der Waals surface area contributed by atoms with Crippen molar-refractivity contribution in [3.63, 3.8) is 0 Å². The molecule has 2 aromatic heterocycles. The zero-order valence-corrected chi connectivity index (χ0v) is 15.4. The van der Waals surface area contributed by atoms with E-state index in [0.717, 1.165) is 17.1 Å². The first-order chi connectivity index (χ1) is 13.2. The van der Waals surface area contributed by atoms with E-state index in [1.807, 2.05) is 42.5 Å². The predicted octanol–water partition coefficient (Wildman–Crippen LogP) is 2.56. The van der Waals surface area contributed by atoms with Crippen LogP contribution in [0.1, 0.15) is 16.2 Å². The van der Waals surface area contributed by atoms with Crippen molar-refractivity contribution in [3.8, 4) is 11.4 Å². The maximum atomic E-state index is 12.9. The molecule has 7 nitrogen and oxygen atoms in total. The maximum absolute atomic E-state index is 12.9. The van der Waals surface area contributed by atoms with Crippen molar-refractivity contribution < 1.29 is 14.3 Å². The van der Waals surface area contributed by atoms with E-state index < -0.39 is 0 Å². The van der Waals surface area contributed by atoms with Gasteiger partial charge < -0.3 is 14.4 Å². The number of benzene rings is 1. The lowest BCUT2D eigenvalue weighted by Gasteiger charge is -2.21. The van der Waals surface area contributed by atoms with E-state index in [2.05, 4.69) is 10.1 Å². The fourth-order valence-electron chi connectivity index (χ4n) is 2.62. The molecule has 0 atom stereocenters. The Morgan fingerprint density at radius 3 is 2.59 bits per heavy atom. The molecule has 0 fully saturated rings. The third kappa shape index (κ3) is 4.71. The van der Waals surface area contributed by atoms with Crippen molar-refractivity contribution in [1.82, 2.24) is 19.7 Å². The first kappa shape index (κ1) is 18.6. The zero-order chi connectivity index (χ0) is 19.1. The number of rotatable bonds is 8. The number of pyridine rings is 1. The maximum Gasteiger partial charge on any atom is 0.274 e. The molecule has 3 rings (SSSR count). The van der Waals surface area contributed by atoms with Gasteiger partial charge in [0, 0.05) is 26.0 Å². The molecule has 0 aliphatic rings. The Balaban J connectivity index is 1.77. The molecule has 140 valence electrons. The van der Waals surface area contributed by atoms with E-state index in [4.69, 9.17) is 9.47 Å². The normalized spacial score (nSPS) is 10.6. The molecule has 0 N–H and O–H groups in total. The second kappa shape index (κ2) is 8.95. The molecule has 0 saturated carbocycles. The first-order valence-corrected chi connectivity index (χ1v) is 8.59. The van der Waals surface area contributed by atoms with Gasteiger partial charge >= 0.3 is 0 Å². The Morgan fingerprint density at radius 1 is 1.11 bits per heavy atom. The van der Waals surface area contributed by atoms with Crippen molar-refractivity contribution in [2.45, 2.75) is 6.54 Å². The minimum Gasteiger partial charge on any atom is -0.497 e. The number of nitrogens with zero attached hydrogens (tertiary/aromatic N) is 4. The Bertz CT molecular complexity index is 862.